The van der Waals surface area contributed by atoms with Crippen molar-refractivity contribution in [2.75, 3.05) is 13.7 Å². The van der Waals surface area contributed by atoms with Gasteiger partial charge in [-0.1, -0.05) is 15.9 Å². The van der Waals surface area contributed by atoms with E-state index in [1.165, 1.54) is 16.5 Å². The molecule has 0 bridgehead atoms. The molecule has 1 aromatic rings. The lowest BCUT2D eigenvalue weighted by molar-refractivity contribution is 0.414. The number of ether oxygens (including phenoxy) is 1. The molecule has 76 valence electrons. The van der Waals surface area contributed by atoms with E-state index in [0.717, 1.165) is 12.3 Å². The molecule has 1 saturated carbocycles. The molecule has 1 aliphatic carbocycles. The number of benzene rings is 1. The van der Waals surface area contributed by atoms with Crippen LogP contribution in [0.25, 0.3) is 0 Å². The van der Waals surface area contributed by atoms with Crippen LogP contribution >= 0.6 is 15.9 Å². The molecule has 0 aliphatic heterocycles. The van der Waals surface area contributed by atoms with E-state index < -0.39 is 0 Å². The number of methoxy groups -OCH3 is 1. The standard InChI is InChI=1S/C11H14BrNO/c1-14-8-2-3-11(12)10(5-8)9-4-7(9)6-13/h2-3,5,7,9H,4,6,13H2,1H3/t7-,9+/m0/s1. The van der Waals surface area contributed by atoms with Crippen molar-refractivity contribution in [3.63, 3.8) is 0 Å². The van der Waals surface area contributed by atoms with Gasteiger partial charge in [0.1, 0.15) is 5.75 Å². The Balaban J connectivity index is 2.24. The van der Waals surface area contributed by atoms with Crippen molar-refractivity contribution >= 4 is 15.9 Å². The third-order valence-electron chi connectivity index (χ3n) is 2.83. The maximum absolute atomic E-state index is 5.64. The second-order valence-corrected chi connectivity index (χ2v) is 4.58. The van der Waals surface area contributed by atoms with Gasteiger partial charge in [0.05, 0.1) is 7.11 Å². The highest BCUT2D eigenvalue weighted by Gasteiger charge is 2.38. The van der Waals surface area contributed by atoms with E-state index in [2.05, 4.69) is 22.0 Å². The summed E-state index contributed by atoms with van der Waals surface area (Å²) in [4.78, 5) is 0. The molecule has 0 heterocycles. The van der Waals surface area contributed by atoms with Gasteiger partial charge < -0.3 is 10.5 Å². The number of hydrogen-bond acceptors (Lipinski definition) is 2. The van der Waals surface area contributed by atoms with E-state index >= 15 is 0 Å². The van der Waals surface area contributed by atoms with E-state index in [-0.39, 0.29) is 0 Å². The first-order valence-electron chi connectivity index (χ1n) is 4.79. The highest BCUT2D eigenvalue weighted by Crippen LogP contribution is 2.49. The summed E-state index contributed by atoms with van der Waals surface area (Å²) >= 11 is 3.56. The average molecular weight is 256 g/mol. The van der Waals surface area contributed by atoms with Gasteiger partial charge in [-0.25, -0.2) is 0 Å². The first-order chi connectivity index (χ1) is 6.76. The van der Waals surface area contributed by atoms with Crippen molar-refractivity contribution in [1.29, 1.82) is 0 Å². The maximum atomic E-state index is 5.64. The molecule has 0 aromatic heterocycles. The molecule has 0 saturated heterocycles. The van der Waals surface area contributed by atoms with Gasteiger partial charge in [-0.05, 0) is 48.6 Å². The van der Waals surface area contributed by atoms with E-state index in [1.54, 1.807) is 7.11 Å². The van der Waals surface area contributed by atoms with Gasteiger partial charge in [0, 0.05) is 4.47 Å². The van der Waals surface area contributed by atoms with Crippen LogP contribution in [-0.2, 0) is 0 Å². The Morgan fingerprint density at radius 1 is 1.57 bits per heavy atom. The topological polar surface area (TPSA) is 35.2 Å². The quantitative estimate of drug-likeness (QED) is 0.901. The molecule has 0 spiro atoms. The number of halogens is 1. The fourth-order valence-electron chi connectivity index (χ4n) is 1.82. The Hall–Kier alpha value is -0.540. The van der Waals surface area contributed by atoms with Gasteiger partial charge in [0.25, 0.3) is 0 Å². The lowest BCUT2D eigenvalue weighted by atomic mass is 10.1. The van der Waals surface area contributed by atoms with Gasteiger partial charge >= 0.3 is 0 Å². The maximum Gasteiger partial charge on any atom is 0.119 e. The number of hydrogen-bond donors (Lipinski definition) is 1. The molecule has 0 radical (unpaired) electrons. The normalized spacial score (nSPS) is 24.8. The van der Waals surface area contributed by atoms with Crippen molar-refractivity contribution in [1.82, 2.24) is 0 Å². The summed E-state index contributed by atoms with van der Waals surface area (Å²) in [5, 5.41) is 0. The summed E-state index contributed by atoms with van der Waals surface area (Å²) in [6.45, 7) is 0.786. The van der Waals surface area contributed by atoms with E-state index in [0.29, 0.717) is 11.8 Å². The van der Waals surface area contributed by atoms with Crippen LogP contribution in [0.5, 0.6) is 5.75 Å². The van der Waals surface area contributed by atoms with Crippen molar-refractivity contribution in [2.24, 2.45) is 11.7 Å². The Kier molecular flexibility index (Phi) is 2.79. The predicted octanol–water partition coefficient (Wildman–Crippen LogP) is 2.52. The largest absolute Gasteiger partial charge is 0.497 e. The summed E-state index contributed by atoms with van der Waals surface area (Å²) in [7, 11) is 1.69. The van der Waals surface area contributed by atoms with Crippen LogP contribution in [0.4, 0.5) is 0 Å². The van der Waals surface area contributed by atoms with Crippen molar-refractivity contribution < 1.29 is 4.74 Å². The highest BCUT2D eigenvalue weighted by atomic mass is 79.9. The number of nitrogens with two attached hydrogens (primary N) is 1. The predicted molar refractivity (Wildman–Crippen MR) is 60.6 cm³/mol. The SMILES string of the molecule is COc1ccc(Br)c([C@@H]2C[C@H]2CN)c1. The van der Waals surface area contributed by atoms with Crippen molar-refractivity contribution in [2.45, 2.75) is 12.3 Å². The summed E-state index contributed by atoms with van der Waals surface area (Å²) in [5.74, 6) is 2.22. The summed E-state index contributed by atoms with van der Waals surface area (Å²) in [5.41, 5.74) is 6.97. The third kappa shape index (κ3) is 1.79. The lowest BCUT2D eigenvalue weighted by Crippen LogP contribution is -2.02. The zero-order chi connectivity index (χ0) is 10.1. The molecule has 2 atom stereocenters. The molecule has 1 aromatic carbocycles. The zero-order valence-electron chi connectivity index (χ0n) is 8.16. The van der Waals surface area contributed by atoms with Crippen molar-refractivity contribution in [3.8, 4) is 5.75 Å². The molecule has 2 nitrogen and oxygen atoms in total. The van der Waals surface area contributed by atoms with E-state index in [9.17, 15) is 0 Å². The van der Waals surface area contributed by atoms with Crippen LogP contribution in [0.2, 0.25) is 0 Å². The van der Waals surface area contributed by atoms with Crippen LogP contribution in [0.1, 0.15) is 17.9 Å². The van der Waals surface area contributed by atoms with Gasteiger partial charge in [-0.3, -0.25) is 0 Å². The molecule has 0 amide bonds. The minimum atomic E-state index is 0.629. The van der Waals surface area contributed by atoms with Gasteiger partial charge in [-0.15, -0.1) is 0 Å². The minimum absolute atomic E-state index is 0.629. The smallest absolute Gasteiger partial charge is 0.119 e. The minimum Gasteiger partial charge on any atom is -0.497 e. The van der Waals surface area contributed by atoms with E-state index in [1.807, 2.05) is 12.1 Å². The lowest BCUT2D eigenvalue weighted by Gasteiger charge is -2.06. The fraction of sp³-hybridized carbons (Fsp3) is 0.455. The average Bonchev–Trinajstić information content (AvgIpc) is 2.98. The Morgan fingerprint density at radius 3 is 2.93 bits per heavy atom. The Bertz CT molecular complexity index is 340. The van der Waals surface area contributed by atoms with Gasteiger partial charge in [0.2, 0.25) is 0 Å². The summed E-state index contributed by atoms with van der Waals surface area (Å²) in [6.07, 6.45) is 1.21. The third-order valence-corrected chi connectivity index (χ3v) is 3.55. The fourth-order valence-corrected chi connectivity index (χ4v) is 2.36. The summed E-state index contributed by atoms with van der Waals surface area (Å²) < 4.78 is 6.37. The van der Waals surface area contributed by atoms with E-state index in [4.69, 9.17) is 10.5 Å². The Labute approximate surface area is 92.6 Å². The molecule has 1 aliphatic rings. The molecule has 3 heteroatoms. The molecule has 14 heavy (non-hydrogen) atoms. The molecule has 1 fully saturated rings. The molecular weight excluding hydrogens is 242 g/mol. The first kappa shape index (κ1) is 9.99. The number of rotatable bonds is 3. The second kappa shape index (κ2) is 3.91. The van der Waals surface area contributed by atoms with Gasteiger partial charge in [-0.2, -0.15) is 0 Å². The molecule has 2 N–H and O–H groups in total. The highest BCUT2D eigenvalue weighted by molar-refractivity contribution is 9.10. The van der Waals surface area contributed by atoms with Crippen LogP contribution in [0.15, 0.2) is 22.7 Å². The molecule has 0 unspecified atom stereocenters. The van der Waals surface area contributed by atoms with Crippen LogP contribution in [-0.4, -0.2) is 13.7 Å². The molecule has 2 rings (SSSR count). The zero-order valence-corrected chi connectivity index (χ0v) is 9.75. The Morgan fingerprint density at radius 2 is 2.36 bits per heavy atom. The summed E-state index contributed by atoms with van der Waals surface area (Å²) in [6, 6.07) is 6.11. The monoisotopic (exact) mass is 255 g/mol. The first-order valence-corrected chi connectivity index (χ1v) is 5.59. The van der Waals surface area contributed by atoms with Crippen LogP contribution < -0.4 is 10.5 Å². The second-order valence-electron chi connectivity index (χ2n) is 3.73. The van der Waals surface area contributed by atoms with Crippen LogP contribution in [0, 0.1) is 5.92 Å². The van der Waals surface area contributed by atoms with Crippen LogP contribution in [0.3, 0.4) is 0 Å². The van der Waals surface area contributed by atoms with Gasteiger partial charge in [0.15, 0.2) is 0 Å². The molecular formula is C11H14BrNO. The van der Waals surface area contributed by atoms with Crippen molar-refractivity contribution in [3.05, 3.63) is 28.2 Å².